The lowest BCUT2D eigenvalue weighted by molar-refractivity contribution is 0.195. The number of rotatable bonds is 3. The molecule has 0 aliphatic carbocycles. The Labute approximate surface area is 155 Å². The van der Waals surface area contributed by atoms with Crippen molar-refractivity contribution in [2.75, 3.05) is 13.1 Å². The number of nitrogens with zero attached hydrogens (tertiary/aromatic N) is 6. The van der Waals surface area contributed by atoms with Crippen molar-refractivity contribution in [3.63, 3.8) is 0 Å². The van der Waals surface area contributed by atoms with E-state index in [2.05, 4.69) is 59.9 Å². The molecule has 1 fully saturated rings. The number of halogens is 1. The van der Waals surface area contributed by atoms with E-state index in [1.165, 1.54) is 24.1 Å². The Morgan fingerprint density at radius 2 is 2.12 bits per heavy atom. The van der Waals surface area contributed by atoms with Gasteiger partial charge >= 0.3 is 0 Å². The Morgan fingerprint density at radius 1 is 1.24 bits per heavy atom. The fraction of sp³-hybridized carbons (Fsp3) is 0.444. The van der Waals surface area contributed by atoms with E-state index in [9.17, 15) is 0 Å². The van der Waals surface area contributed by atoms with Crippen LogP contribution in [0.4, 0.5) is 0 Å². The van der Waals surface area contributed by atoms with Crippen LogP contribution >= 0.6 is 15.9 Å². The summed E-state index contributed by atoms with van der Waals surface area (Å²) in [6, 6.07) is 4.32. The highest BCUT2D eigenvalue weighted by Gasteiger charge is 2.24. The van der Waals surface area contributed by atoms with Gasteiger partial charge in [-0.05, 0) is 66.9 Å². The van der Waals surface area contributed by atoms with Crippen LogP contribution in [-0.2, 0) is 6.54 Å². The van der Waals surface area contributed by atoms with Crippen LogP contribution in [0.25, 0.3) is 5.78 Å². The second-order valence-corrected chi connectivity index (χ2v) is 7.65. The first-order valence-electron chi connectivity index (χ1n) is 8.61. The van der Waals surface area contributed by atoms with E-state index in [-0.39, 0.29) is 0 Å². The molecule has 0 N–H and O–H groups in total. The average molecular weight is 401 g/mol. The number of aryl methyl sites for hydroxylation is 2. The Hall–Kier alpha value is -1.86. The van der Waals surface area contributed by atoms with E-state index in [1.807, 2.05) is 17.6 Å². The lowest BCUT2D eigenvalue weighted by Gasteiger charge is -2.32. The van der Waals surface area contributed by atoms with Crippen LogP contribution in [0.3, 0.4) is 0 Å². The minimum Gasteiger partial charge on any atom is -0.297 e. The van der Waals surface area contributed by atoms with E-state index in [1.54, 1.807) is 6.33 Å². The predicted molar refractivity (Wildman–Crippen MR) is 99.4 cm³/mol. The smallest absolute Gasteiger partial charge is 0.252 e. The molecular weight excluding hydrogens is 380 g/mol. The molecule has 0 saturated carbocycles. The first-order chi connectivity index (χ1) is 12.1. The Morgan fingerprint density at radius 3 is 2.96 bits per heavy atom. The quantitative estimate of drug-likeness (QED) is 0.674. The third-order valence-electron chi connectivity index (χ3n) is 4.82. The molecular formula is C18H21BrN6. The van der Waals surface area contributed by atoms with Gasteiger partial charge in [-0.1, -0.05) is 0 Å². The molecule has 1 aliphatic heterocycles. The van der Waals surface area contributed by atoms with Crippen LogP contribution in [-0.4, -0.2) is 42.6 Å². The Bertz CT molecular complexity index is 906. The maximum absolute atomic E-state index is 4.56. The van der Waals surface area contributed by atoms with Crippen molar-refractivity contribution in [2.24, 2.45) is 0 Å². The first-order valence-corrected chi connectivity index (χ1v) is 9.40. The van der Waals surface area contributed by atoms with Crippen molar-refractivity contribution in [3.05, 3.63) is 51.8 Å². The van der Waals surface area contributed by atoms with E-state index < -0.39 is 0 Å². The fourth-order valence-corrected chi connectivity index (χ4v) is 3.82. The summed E-state index contributed by atoms with van der Waals surface area (Å²) in [7, 11) is 0. The fourth-order valence-electron chi connectivity index (χ4n) is 3.60. The van der Waals surface area contributed by atoms with Crippen LogP contribution in [0.1, 0.15) is 41.4 Å². The maximum atomic E-state index is 4.56. The normalized spacial score (nSPS) is 18.8. The van der Waals surface area contributed by atoms with Gasteiger partial charge in [0.25, 0.3) is 5.78 Å². The van der Waals surface area contributed by atoms with Crippen molar-refractivity contribution in [3.8, 4) is 0 Å². The van der Waals surface area contributed by atoms with Gasteiger partial charge in [0.15, 0.2) is 0 Å². The monoisotopic (exact) mass is 400 g/mol. The van der Waals surface area contributed by atoms with Crippen LogP contribution in [0, 0.1) is 13.8 Å². The van der Waals surface area contributed by atoms with Crippen molar-refractivity contribution < 1.29 is 0 Å². The van der Waals surface area contributed by atoms with Gasteiger partial charge in [-0.25, -0.2) is 9.50 Å². The van der Waals surface area contributed by atoms with E-state index in [0.717, 1.165) is 35.5 Å². The molecule has 7 heteroatoms. The molecule has 4 heterocycles. The molecule has 130 valence electrons. The minimum absolute atomic E-state index is 0.441. The standard InChI is InChI=1S/C18H21BrN6/c1-12-6-15(20-8-16(12)19)10-24-5-3-4-14(9-24)17-7-13(2)23-18-21-11-22-25(17)18/h6-8,11,14H,3-5,9-10H2,1-2H3. The average Bonchev–Trinajstić information content (AvgIpc) is 3.06. The Kier molecular flexibility index (Phi) is 4.52. The number of pyridine rings is 1. The van der Waals surface area contributed by atoms with Gasteiger partial charge in [-0.2, -0.15) is 10.1 Å². The summed E-state index contributed by atoms with van der Waals surface area (Å²) in [6.45, 7) is 7.13. The third-order valence-corrected chi connectivity index (χ3v) is 5.65. The summed E-state index contributed by atoms with van der Waals surface area (Å²) in [6.07, 6.45) is 5.83. The molecule has 4 rings (SSSR count). The highest BCUT2D eigenvalue weighted by atomic mass is 79.9. The Balaban J connectivity index is 1.56. The van der Waals surface area contributed by atoms with Crippen molar-refractivity contribution in [2.45, 2.75) is 39.2 Å². The highest BCUT2D eigenvalue weighted by Crippen LogP contribution is 2.28. The van der Waals surface area contributed by atoms with Gasteiger partial charge in [0.05, 0.1) is 11.4 Å². The maximum Gasteiger partial charge on any atom is 0.252 e. The number of aromatic nitrogens is 5. The van der Waals surface area contributed by atoms with E-state index in [0.29, 0.717) is 11.7 Å². The van der Waals surface area contributed by atoms with Gasteiger partial charge in [-0.15, -0.1) is 0 Å². The summed E-state index contributed by atoms with van der Waals surface area (Å²) in [4.78, 5) is 15.8. The number of likely N-dealkylation sites (tertiary alicyclic amines) is 1. The van der Waals surface area contributed by atoms with E-state index >= 15 is 0 Å². The number of fused-ring (bicyclic) bond motifs is 1. The molecule has 1 unspecified atom stereocenters. The molecule has 1 atom stereocenters. The van der Waals surface area contributed by atoms with Crippen LogP contribution < -0.4 is 0 Å². The van der Waals surface area contributed by atoms with Gasteiger partial charge < -0.3 is 0 Å². The lowest BCUT2D eigenvalue weighted by Crippen LogP contribution is -2.35. The molecule has 0 amide bonds. The van der Waals surface area contributed by atoms with Crippen molar-refractivity contribution in [1.82, 2.24) is 29.5 Å². The third kappa shape index (κ3) is 3.43. The van der Waals surface area contributed by atoms with Crippen molar-refractivity contribution >= 4 is 21.7 Å². The number of hydrogen-bond donors (Lipinski definition) is 0. The molecule has 3 aromatic rings. The second kappa shape index (κ2) is 6.80. The zero-order valence-corrected chi connectivity index (χ0v) is 16.1. The SMILES string of the molecule is Cc1cc(C2CCCN(Cc3cc(C)c(Br)cn3)C2)n2ncnc2n1. The summed E-state index contributed by atoms with van der Waals surface area (Å²) >= 11 is 3.52. The minimum atomic E-state index is 0.441. The van der Waals surface area contributed by atoms with Crippen LogP contribution in [0.15, 0.2) is 29.1 Å². The zero-order valence-electron chi connectivity index (χ0n) is 14.5. The summed E-state index contributed by atoms with van der Waals surface area (Å²) in [5.41, 5.74) is 4.56. The summed E-state index contributed by atoms with van der Waals surface area (Å²) in [5, 5.41) is 4.37. The van der Waals surface area contributed by atoms with Gasteiger partial charge in [-0.3, -0.25) is 9.88 Å². The van der Waals surface area contributed by atoms with Crippen molar-refractivity contribution in [1.29, 1.82) is 0 Å². The molecule has 0 radical (unpaired) electrons. The number of hydrogen-bond acceptors (Lipinski definition) is 5. The van der Waals surface area contributed by atoms with Crippen LogP contribution in [0.5, 0.6) is 0 Å². The first kappa shape index (κ1) is 16.6. The predicted octanol–water partition coefficient (Wildman–Crippen LogP) is 3.28. The molecule has 25 heavy (non-hydrogen) atoms. The number of piperidine rings is 1. The van der Waals surface area contributed by atoms with E-state index in [4.69, 9.17) is 0 Å². The topological polar surface area (TPSA) is 59.2 Å². The molecule has 3 aromatic heterocycles. The highest BCUT2D eigenvalue weighted by molar-refractivity contribution is 9.10. The summed E-state index contributed by atoms with van der Waals surface area (Å²) < 4.78 is 2.96. The molecule has 1 saturated heterocycles. The second-order valence-electron chi connectivity index (χ2n) is 6.79. The van der Waals surface area contributed by atoms with Gasteiger partial charge in [0.1, 0.15) is 6.33 Å². The lowest BCUT2D eigenvalue weighted by atomic mass is 9.94. The molecule has 0 bridgehead atoms. The molecule has 6 nitrogen and oxygen atoms in total. The summed E-state index contributed by atoms with van der Waals surface area (Å²) in [5.74, 6) is 1.13. The largest absolute Gasteiger partial charge is 0.297 e. The molecule has 1 aliphatic rings. The van der Waals surface area contributed by atoms with Gasteiger partial charge in [0.2, 0.25) is 0 Å². The van der Waals surface area contributed by atoms with Crippen LogP contribution in [0.2, 0.25) is 0 Å². The zero-order chi connectivity index (χ0) is 17.4. The molecule has 0 spiro atoms. The molecule has 0 aromatic carbocycles. The van der Waals surface area contributed by atoms with Gasteiger partial charge in [0, 0.05) is 35.4 Å².